The molecule has 0 aromatic heterocycles. The number of nitrogens with one attached hydrogen (secondary N) is 1. The molecule has 0 aliphatic carbocycles. The van der Waals surface area contributed by atoms with Crippen molar-refractivity contribution in [3.8, 4) is 12.3 Å². The monoisotopic (exact) mass is 173 g/mol. The fraction of sp³-hybridized carbons (Fsp3) is 0.182. The van der Waals surface area contributed by atoms with Gasteiger partial charge in [0.2, 0.25) is 5.90 Å². The summed E-state index contributed by atoms with van der Waals surface area (Å²) >= 11 is 0. The lowest BCUT2D eigenvalue weighted by atomic mass is 10.2. The van der Waals surface area contributed by atoms with Crippen LogP contribution in [0.3, 0.4) is 0 Å². The fourth-order valence-electron chi connectivity index (χ4n) is 0.868. The van der Waals surface area contributed by atoms with Gasteiger partial charge >= 0.3 is 0 Å². The van der Waals surface area contributed by atoms with E-state index in [1.54, 1.807) is 6.92 Å². The van der Waals surface area contributed by atoms with Crippen molar-refractivity contribution in [2.45, 2.75) is 13.0 Å². The summed E-state index contributed by atoms with van der Waals surface area (Å²) in [5.41, 5.74) is 0.740. The molecule has 0 spiro atoms. The third-order valence-electron chi connectivity index (χ3n) is 1.57. The van der Waals surface area contributed by atoms with Crippen molar-refractivity contribution in [2.24, 2.45) is 0 Å². The lowest BCUT2D eigenvalue weighted by Crippen LogP contribution is -2.12. The summed E-state index contributed by atoms with van der Waals surface area (Å²) in [5, 5.41) is 7.55. The number of ether oxygens (including phenoxy) is 1. The molecule has 0 aliphatic heterocycles. The van der Waals surface area contributed by atoms with Crippen molar-refractivity contribution in [3.05, 3.63) is 35.9 Å². The molecule has 2 heteroatoms. The molecule has 13 heavy (non-hydrogen) atoms. The Morgan fingerprint density at radius 3 is 2.62 bits per heavy atom. The second-order valence-corrected chi connectivity index (χ2v) is 2.62. The van der Waals surface area contributed by atoms with E-state index in [1.165, 1.54) is 0 Å². The van der Waals surface area contributed by atoms with E-state index in [0.717, 1.165) is 5.56 Å². The van der Waals surface area contributed by atoms with E-state index in [9.17, 15) is 0 Å². The molecule has 1 N–H and O–H groups in total. The minimum Gasteiger partial charge on any atom is -0.461 e. The molecular weight excluding hydrogens is 162 g/mol. The highest BCUT2D eigenvalue weighted by Gasteiger charge is 2.04. The number of hydrogen-bond donors (Lipinski definition) is 1. The Morgan fingerprint density at radius 1 is 1.46 bits per heavy atom. The molecule has 0 bridgehead atoms. The van der Waals surface area contributed by atoms with Crippen molar-refractivity contribution < 1.29 is 4.74 Å². The molecule has 0 amide bonds. The maximum Gasteiger partial charge on any atom is 0.214 e. The summed E-state index contributed by atoms with van der Waals surface area (Å²) in [4.78, 5) is 0. The molecule has 2 nitrogen and oxygen atoms in total. The van der Waals surface area contributed by atoms with Gasteiger partial charge in [-0.1, -0.05) is 24.1 Å². The zero-order chi connectivity index (χ0) is 9.68. The fourth-order valence-corrected chi connectivity index (χ4v) is 0.868. The van der Waals surface area contributed by atoms with Crippen LogP contribution in [-0.4, -0.2) is 12.0 Å². The van der Waals surface area contributed by atoms with Crippen LogP contribution in [0.2, 0.25) is 0 Å². The highest BCUT2D eigenvalue weighted by Crippen LogP contribution is 2.02. The third kappa shape index (κ3) is 2.64. The largest absolute Gasteiger partial charge is 0.461 e. The first-order chi connectivity index (χ1) is 6.24. The summed E-state index contributed by atoms with van der Waals surface area (Å²) in [6, 6.07) is 9.22. The first-order valence-electron chi connectivity index (χ1n) is 4.01. The van der Waals surface area contributed by atoms with Crippen LogP contribution in [-0.2, 0) is 4.74 Å². The minimum absolute atomic E-state index is 0.117. The van der Waals surface area contributed by atoms with E-state index in [2.05, 4.69) is 5.92 Å². The molecule has 0 aliphatic rings. The molecule has 1 aromatic rings. The van der Waals surface area contributed by atoms with Gasteiger partial charge in [-0.2, -0.15) is 0 Å². The van der Waals surface area contributed by atoms with Crippen molar-refractivity contribution in [3.63, 3.8) is 0 Å². The number of benzene rings is 1. The lowest BCUT2D eigenvalue weighted by Gasteiger charge is -2.09. The van der Waals surface area contributed by atoms with Gasteiger partial charge < -0.3 is 4.74 Å². The standard InChI is InChI=1S/C11H11NO/c1-3-9(2)13-11(12)10-7-5-4-6-8-10/h1,4-9,12H,2H3. The van der Waals surface area contributed by atoms with Crippen molar-refractivity contribution in [1.29, 1.82) is 5.41 Å². The number of hydrogen-bond acceptors (Lipinski definition) is 2. The topological polar surface area (TPSA) is 33.1 Å². The Hall–Kier alpha value is -1.75. The summed E-state index contributed by atoms with van der Waals surface area (Å²) in [5.74, 6) is 2.52. The average molecular weight is 173 g/mol. The summed E-state index contributed by atoms with van der Waals surface area (Å²) in [7, 11) is 0. The van der Waals surface area contributed by atoms with Gasteiger partial charge in [-0.3, -0.25) is 5.41 Å². The van der Waals surface area contributed by atoms with Crippen LogP contribution in [0.15, 0.2) is 30.3 Å². The normalized spacial score (nSPS) is 11.4. The molecular formula is C11H11NO. The van der Waals surface area contributed by atoms with E-state index in [1.807, 2.05) is 30.3 Å². The second-order valence-electron chi connectivity index (χ2n) is 2.62. The van der Waals surface area contributed by atoms with E-state index < -0.39 is 0 Å². The predicted octanol–water partition coefficient (Wildman–Crippen LogP) is 2.05. The van der Waals surface area contributed by atoms with Gasteiger partial charge in [0.15, 0.2) is 6.10 Å². The quantitative estimate of drug-likeness (QED) is 0.414. The molecule has 0 radical (unpaired) electrons. The molecule has 0 saturated heterocycles. The predicted molar refractivity (Wildman–Crippen MR) is 52.7 cm³/mol. The van der Waals surface area contributed by atoms with Crippen LogP contribution in [0.1, 0.15) is 12.5 Å². The Kier molecular flexibility index (Phi) is 3.10. The van der Waals surface area contributed by atoms with E-state index in [0.29, 0.717) is 0 Å². The van der Waals surface area contributed by atoms with Crippen LogP contribution in [0.4, 0.5) is 0 Å². The Labute approximate surface area is 78.1 Å². The van der Waals surface area contributed by atoms with E-state index >= 15 is 0 Å². The first-order valence-corrected chi connectivity index (χ1v) is 4.01. The molecule has 0 fully saturated rings. The van der Waals surface area contributed by atoms with Crippen LogP contribution in [0.25, 0.3) is 0 Å². The maximum atomic E-state index is 7.55. The van der Waals surface area contributed by atoms with Gasteiger partial charge in [0.25, 0.3) is 0 Å². The van der Waals surface area contributed by atoms with E-state index in [-0.39, 0.29) is 12.0 Å². The SMILES string of the molecule is C#CC(C)OC(=N)c1ccccc1. The van der Waals surface area contributed by atoms with Crippen LogP contribution in [0.5, 0.6) is 0 Å². The molecule has 1 rings (SSSR count). The molecule has 1 unspecified atom stereocenters. The van der Waals surface area contributed by atoms with Crippen molar-refractivity contribution in [2.75, 3.05) is 0 Å². The van der Waals surface area contributed by atoms with Crippen LogP contribution in [0, 0.1) is 17.8 Å². The molecule has 1 atom stereocenters. The van der Waals surface area contributed by atoms with Crippen LogP contribution < -0.4 is 0 Å². The molecule has 66 valence electrons. The molecule has 0 saturated carbocycles. The number of terminal acetylenes is 1. The summed E-state index contributed by atoms with van der Waals surface area (Å²) in [6.07, 6.45) is 4.77. The zero-order valence-corrected chi connectivity index (χ0v) is 7.45. The van der Waals surface area contributed by atoms with Crippen LogP contribution >= 0.6 is 0 Å². The Bertz CT molecular complexity index is 324. The lowest BCUT2D eigenvalue weighted by molar-refractivity contribution is 0.264. The van der Waals surface area contributed by atoms with Gasteiger partial charge in [0.1, 0.15) is 0 Å². The summed E-state index contributed by atoms with van der Waals surface area (Å²) < 4.78 is 5.13. The van der Waals surface area contributed by atoms with Gasteiger partial charge in [0, 0.05) is 5.56 Å². The van der Waals surface area contributed by atoms with Gasteiger partial charge in [-0.05, 0) is 19.1 Å². The van der Waals surface area contributed by atoms with Crippen molar-refractivity contribution in [1.82, 2.24) is 0 Å². The van der Waals surface area contributed by atoms with Gasteiger partial charge in [-0.25, -0.2) is 0 Å². The zero-order valence-electron chi connectivity index (χ0n) is 7.45. The average Bonchev–Trinajstić information content (AvgIpc) is 2.19. The number of rotatable bonds is 2. The Balaban J connectivity index is 2.66. The third-order valence-corrected chi connectivity index (χ3v) is 1.57. The maximum absolute atomic E-state index is 7.55. The Morgan fingerprint density at radius 2 is 2.08 bits per heavy atom. The molecule has 1 aromatic carbocycles. The van der Waals surface area contributed by atoms with Gasteiger partial charge in [-0.15, -0.1) is 6.42 Å². The highest BCUT2D eigenvalue weighted by molar-refractivity contribution is 5.91. The van der Waals surface area contributed by atoms with Crippen molar-refractivity contribution >= 4 is 5.90 Å². The summed E-state index contributed by atoms with van der Waals surface area (Å²) in [6.45, 7) is 1.73. The van der Waals surface area contributed by atoms with E-state index in [4.69, 9.17) is 16.6 Å². The van der Waals surface area contributed by atoms with Gasteiger partial charge in [0.05, 0.1) is 0 Å². The minimum atomic E-state index is -0.354. The smallest absolute Gasteiger partial charge is 0.214 e. The first kappa shape index (κ1) is 9.34. The highest BCUT2D eigenvalue weighted by atomic mass is 16.5. The second kappa shape index (κ2) is 4.32. The molecule has 0 heterocycles.